The second-order valence-electron chi connectivity index (χ2n) is 4.81. The van der Waals surface area contributed by atoms with E-state index in [9.17, 15) is 14.9 Å². The standard InChI is InChI=1S/C13H15N5O4/c1-7-11(8(2)15-13(14-7)17(3)4)16-12(19)9-5-6-10(22-9)18(20)21/h5-6H,1-4H3,(H,16,19). The molecule has 0 saturated carbocycles. The number of carbonyl (C=O) groups excluding carboxylic acids is 1. The van der Waals surface area contributed by atoms with Gasteiger partial charge in [0.2, 0.25) is 5.95 Å². The molecule has 0 aromatic carbocycles. The Morgan fingerprint density at radius 2 is 1.86 bits per heavy atom. The van der Waals surface area contributed by atoms with Crippen LogP contribution in [-0.4, -0.2) is 34.9 Å². The Morgan fingerprint density at radius 3 is 2.32 bits per heavy atom. The molecule has 0 unspecified atom stereocenters. The van der Waals surface area contributed by atoms with E-state index in [4.69, 9.17) is 4.42 Å². The number of aromatic nitrogens is 2. The molecule has 2 aromatic heterocycles. The first-order valence-corrected chi connectivity index (χ1v) is 6.37. The smallest absolute Gasteiger partial charge is 0.395 e. The number of nitrogens with one attached hydrogen (secondary N) is 1. The van der Waals surface area contributed by atoms with Crippen LogP contribution in [0.25, 0.3) is 0 Å². The first-order chi connectivity index (χ1) is 10.3. The van der Waals surface area contributed by atoms with Gasteiger partial charge in [-0.05, 0) is 19.9 Å². The van der Waals surface area contributed by atoms with Gasteiger partial charge in [-0.3, -0.25) is 14.9 Å². The summed E-state index contributed by atoms with van der Waals surface area (Å²) in [6.45, 7) is 3.48. The minimum absolute atomic E-state index is 0.151. The average Bonchev–Trinajstić information content (AvgIpc) is 2.92. The predicted octanol–water partition coefficient (Wildman–Crippen LogP) is 1.91. The maximum atomic E-state index is 12.1. The number of hydrogen-bond acceptors (Lipinski definition) is 7. The summed E-state index contributed by atoms with van der Waals surface area (Å²) >= 11 is 0. The van der Waals surface area contributed by atoms with Gasteiger partial charge in [-0.15, -0.1) is 0 Å². The number of amides is 1. The highest BCUT2D eigenvalue weighted by atomic mass is 16.6. The Balaban J connectivity index is 2.26. The summed E-state index contributed by atoms with van der Waals surface area (Å²) in [4.78, 5) is 32.2. The molecule has 116 valence electrons. The van der Waals surface area contributed by atoms with Gasteiger partial charge in [-0.25, -0.2) is 9.97 Å². The molecular formula is C13H15N5O4. The van der Waals surface area contributed by atoms with Crippen molar-refractivity contribution in [2.75, 3.05) is 24.3 Å². The fourth-order valence-corrected chi connectivity index (χ4v) is 1.80. The van der Waals surface area contributed by atoms with Crippen LogP contribution in [0, 0.1) is 24.0 Å². The maximum absolute atomic E-state index is 12.1. The Kier molecular flexibility index (Phi) is 4.06. The van der Waals surface area contributed by atoms with Crippen molar-refractivity contribution in [1.29, 1.82) is 0 Å². The molecule has 0 spiro atoms. The van der Waals surface area contributed by atoms with Crippen molar-refractivity contribution in [2.24, 2.45) is 0 Å². The van der Waals surface area contributed by atoms with Crippen molar-refractivity contribution in [3.63, 3.8) is 0 Å². The Hall–Kier alpha value is -2.97. The molecular weight excluding hydrogens is 290 g/mol. The number of anilines is 2. The second kappa shape index (κ2) is 5.80. The van der Waals surface area contributed by atoms with E-state index in [1.807, 2.05) is 14.1 Å². The van der Waals surface area contributed by atoms with E-state index in [-0.39, 0.29) is 5.76 Å². The lowest BCUT2D eigenvalue weighted by atomic mass is 10.2. The Labute approximate surface area is 126 Å². The van der Waals surface area contributed by atoms with E-state index in [0.29, 0.717) is 23.0 Å². The van der Waals surface area contributed by atoms with Gasteiger partial charge < -0.3 is 14.6 Å². The highest BCUT2D eigenvalue weighted by molar-refractivity contribution is 6.03. The van der Waals surface area contributed by atoms with Crippen LogP contribution in [0.3, 0.4) is 0 Å². The highest BCUT2D eigenvalue weighted by Crippen LogP contribution is 2.22. The van der Waals surface area contributed by atoms with Crippen molar-refractivity contribution < 1.29 is 14.1 Å². The first-order valence-electron chi connectivity index (χ1n) is 6.37. The Morgan fingerprint density at radius 1 is 1.27 bits per heavy atom. The van der Waals surface area contributed by atoms with Gasteiger partial charge >= 0.3 is 5.88 Å². The van der Waals surface area contributed by atoms with Crippen molar-refractivity contribution in [3.8, 4) is 0 Å². The third-order valence-corrected chi connectivity index (χ3v) is 2.89. The molecule has 0 aliphatic heterocycles. The largest absolute Gasteiger partial charge is 0.433 e. The molecule has 0 radical (unpaired) electrons. The van der Waals surface area contributed by atoms with E-state index in [2.05, 4.69) is 15.3 Å². The highest BCUT2D eigenvalue weighted by Gasteiger charge is 2.19. The lowest BCUT2D eigenvalue weighted by molar-refractivity contribution is -0.402. The van der Waals surface area contributed by atoms with Gasteiger partial charge in [-0.2, -0.15) is 0 Å². The van der Waals surface area contributed by atoms with E-state index in [1.54, 1.807) is 18.7 Å². The van der Waals surface area contributed by atoms with Crippen LogP contribution < -0.4 is 10.2 Å². The molecule has 1 amide bonds. The minimum atomic E-state index is -0.706. The van der Waals surface area contributed by atoms with Crippen molar-refractivity contribution >= 4 is 23.4 Å². The third-order valence-electron chi connectivity index (χ3n) is 2.89. The zero-order chi connectivity index (χ0) is 16.4. The summed E-state index contributed by atoms with van der Waals surface area (Å²) in [5.74, 6) is -0.706. The molecule has 2 rings (SSSR count). The number of furan rings is 1. The van der Waals surface area contributed by atoms with Crippen LogP contribution in [0.4, 0.5) is 17.5 Å². The Bertz CT molecular complexity index is 715. The number of rotatable bonds is 4. The van der Waals surface area contributed by atoms with Crippen molar-refractivity contribution in [2.45, 2.75) is 13.8 Å². The lowest BCUT2D eigenvalue weighted by Gasteiger charge is -2.15. The molecule has 0 aliphatic carbocycles. The second-order valence-corrected chi connectivity index (χ2v) is 4.81. The molecule has 2 heterocycles. The van der Waals surface area contributed by atoms with E-state index in [0.717, 1.165) is 6.07 Å². The van der Waals surface area contributed by atoms with E-state index < -0.39 is 16.7 Å². The number of nitro groups is 1. The van der Waals surface area contributed by atoms with Gasteiger partial charge in [0.15, 0.2) is 5.76 Å². The van der Waals surface area contributed by atoms with Crippen LogP contribution in [0.5, 0.6) is 0 Å². The van der Waals surface area contributed by atoms with Crippen molar-refractivity contribution in [3.05, 3.63) is 39.4 Å². The maximum Gasteiger partial charge on any atom is 0.433 e. The van der Waals surface area contributed by atoms with Crippen LogP contribution in [-0.2, 0) is 0 Å². The zero-order valence-corrected chi connectivity index (χ0v) is 12.6. The van der Waals surface area contributed by atoms with E-state index >= 15 is 0 Å². The van der Waals surface area contributed by atoms with Crippen molar-refractivity contribution in [1.82, 2.24) is 9.97 Å². The third kappa shape index (κ3) is 3.03. The predicted molar refractivity (Wildman–Crippen MR) is 79.1 cm³/mol. The SMILES string of the molecule is Cc1nc(N(C)C)nc(C)c1NC(=O)c1ccc([N+](=O)[O-])o1. The summed E-state index contributed by atoms with van der Waals surface area (Å²) in [7, 11) is 3.63. The quantitative estimate of drug-likeness (QED) is 0.677. The topological polar surface area (TPSA) is 114 Å². The summed E-state index contributed by atoms with van der Waals surface area (Å²) in [5.41, 5.74) is 1.63. The first kappa shape index (κ1) is 15.4. The van der Waals surface area contributed by atoms with Crippen LogP contribution in [0.2, 0.25) is 0 Å². The zero-order valence-electron chi connectivity index (χ0n) is 12.6. The molecule has 0 atom stereocenters. The fraction of sp³-hybridized carbons (Fsp3) is 0.308. The number of nitrogens with zero attached hydrogens (tertiary/aromatic N) is 4. The van der Waals surface area contributed by atoms with Gasteiger partial charge in [-0.1, -0.05) is 0 Å². The molecule has 0 bridgehead atoms. The summed E-state index contributed by atoms with van der Waals surface area (Å²) < 4.78 is 4.86. The molecule has 0 aliphatic rings. The average molecular weight is 305 g/mol. The lowest BCUT2D eigenvalue weighted by Crippen LogP contribution is -2.18. The normalized spacial score (nSPS) is 10.4. The molecule has 0 saturated heterocycles. The summed E-state index contributed by atoms with van der Waals surface area (Å²) in [6, 6.07) is 2.37. The van der Waals surface area contributed by atoms with Crippen LogP contribution >= 0.6 is 0 Å². The van der Waals surface area contributed by atoms with E-state index in [1.165, 1.54) is 6.07 Å². The molecule has 9 heteroatoms. The van der Waals surface area contributed by atoms with Gasteiger partial charge in [0.05, 0.1) is 23.1 Å². The van der Waals surface area contributed by atoms with Gasteiger partial charge in [0.25, 0.3) is 5.91 Å². The summed E-state index contributed by atoms with van der Waals surface area (Å²) in [5, 5.41) is 13.2. The van der Waals surface area contributed by atoms with Crippen LogP contribution in [0.15, 0.2) is 16.5 Å². The number of hydrogen-bond donors (Lipinski definition) is 1. The molecule has 2 aromatic rings. The molecule has 0 fully saturated rings. The summed E-state index contributed by atoms with van der Waals surface area (Å²) in [6.07, 6.45) is 0. The molecule has 22 heavy (non-hydrogen) atoms. The van der Waals surface area contributed by atoms with Gasteiger partial charge in [0.1, 0.15) is 4.92 Å². The van der Waals surface area contributed by atoms with Crippen LogP contribution in [0.1, 0.15) is 21.9 Å². The molecule has 9 nitrogen and oxygen atoms in total. The fourth-order valence-electron chi connectivity index (χ4n) is 1.80. The number of aryl methyl sites for hydroxylation is 2. The monoisotopic (exact) mass is 305 g/mol. The van der Waals surface area contributed by atoms with Gasteiger partial charge in [0, 0.05) is 14.1 Å². The minimum Gasteiger partial charge on any atom is -0.395 e. The molecule has 1 N–H and O–H groups in total. The number of carbonyl (C=O) groups is 1.